The number of sulfone groups is 1. The number of halogens is 1. The van der Waals surface area contributed by atoms with Crippen LogP contribution in [0.4, 0.5) is 0 Å². The Labute approximate surface area is 124 Å². The molecule has 114 valence electrons. The zero-order chi connectivity index (χ0) is 15.4. The first-order valence-corrected chi connectivity index (χ1v) is 9.35. The standard InChI is InChI=1S/C11H17ClN2O4S2/c1-3-14(2)20(17,18)13-8-9-19(15,16)11-6-4-10(12)5-7-11/h4-7,13H,3,8-9H2,1-2H3. The van der Waals surface area contributed by atoms with Gasteiger partial charge in [0.25, 0.3) is 10.2 Å². The van der Waals surface area contributed by atoms with Crippen LogP contribution in [0.15, 0.2) is 29.2 Å². The van der Waals surface area contributed by atoms with Crippen LogP contribution in [0.25, 0.3) is 0 Å². The van der Waals surface area contributed by atoms with Crippen molar-refractivity contribution < 1.29 is 16.8 Å². The summed E-state index contributed by atoms with van der Waals surface area (Å²) in [5.74, 6) is -0.314. The summed E-state index contributed by atoms with van der Waals surface area (Å²) in [6.45, 7) is 1.81. The Bertz CT molecular complexity index is 642. The van der Waals surface area contributed by atoms with Gasteiger partial charge in [0.05, 0.1) is 10.6 Å². The Hall–Kier alpha value is -0.670. The first kappa shape index (κ1) is 17.4. The summed E-state index contributed by atoms with van der Waals surface area (Å²) in [7, 11) is -5.75. The van der Waals surface area contributed by atoms with Gasteiger partial charge in [0.1, 0.15) is 0 Å². The number of hydrogen-bond acceptors (Lipinski definition) is 4. The molecule has 0 bridgehead atoms. The van der Waals surface area contributed by atoms with Gasteiger partial charge < -0.3 is 0 Å². The number of nitrogens with zero attached hydrogens (tertiary/aromatic N) is 1. The third kappa shape index (κ3) is 4.71. The maximum absolute atomic E-state index is 12.0. The van der Waals surface area contributed by atoms with Crippen molar-refractivity contribution in [1.29, 1.82) is 0 Å². The van der Waals surface area contributed by atoms with E-state index < -0.39 is 20.0 Å². The third-order valence-corrected chi connectivity index (χ3v) is 6.32. The van der Waals surface area contributed by atoms with Crippen LogP contribution < -0.4 is 4.72 Å². The molecule has 0 spiro atoms. The molecule has 9 heteroatoms. The van der Waals surface area contributed by atoms with Crippen molar-refractivity contribution in [1.82, 2.24) is 9.03 Å². The highest BCUT2D eigenvalue weighted by Crippen LogP contribution is 2.15. The van der Waals surface area contributed by atoms with E-state index in [1.165, 1.54) is 31.3 Å². The molecule has 0 atom stereocenters. The van der Waals surface area contributed by atoms with Crippen molar-refractivity contribution in [2.75, 3.05) is 25.9 Å². The molecule has 1 N–H and O–H groups in total. The second-order valence-corrected chi connectivity index (χ2v) is 8.49. The fourth-order valence-corrected chi connectivity index (χ4v) is 3.68. The zero-order valence-electron chi connectivity index (χ0n) is 11.2. The van der Waals surface area contributed by atoms with Gasteiger partial charge in [-0.2, -0.15) is 12.7 Å². The fourth-order valence-electron chi connectivity index (χ4n) is 1.34. The van der Waals surface area contributed by atoms with Crippen LogP contribution in [0, 0.1) is 0 Å². The minimum absolute atomic E-state index is 0.116. The van der Waals surface area contributed by atoms with Gasteiger partial charge >= 0.3 is 0 Å². The average Bonchev–Trinajstić information content (AvgIpc) is 2.37. The highest BCUT2D eigenvalue weighted by Gasteiger charge is 2.18. The highest BCUT2D eigenvalue weighted by atomic mass is 35.5. The lowest BCUT2D eigenvalue weighted by molar-refractivity contribution is 0.475. The average molecular weight is 341 g/mol. The molecule has 0 heterocycles. The second kappa shape index (κ2) is 6.86. The van der Waals surface area contributed by atoms with Crippen LogP contribution in [0.1, 0.15) is 6.92 Å². The Kier molecular flexibility index (Phi) is 5.96. The van der Waals surface area contributed by atoms with Gasteiger partial charge in [0, 0.05) is 25.2 Å². The summed E-state index contributed by atoms with van der Waals surface area (Å²) in [6, 6.07) is 5.74. The van der Waals surface area contributed by atoms with E-state index in [4.69, 9.17) is 11.6 Å². The van der Waals surface area contributed by atoms with E-state index in [0.29, 0.717) is 11.6 Å². The third-order valence-electron chi connectivity index (χ3n) is 2.68. The van der Waals surface area contributed by atoms with Gasteiger partial charge in [-0.05, 0) is 24.3 Å². The lowest BCUT2D eigenvalue weighted by Gasteiger charge is -2.15. The molecule has 0 aliphatic heterocycles. The monoisotopic (exact) mass is 340 g/mol. The van der Waals surface area contributed by atoms with Gasteiger partial charge in [-0.1, -0.05) is 18.5 Å². The minimum atomic E-state index is -3.62. The van der Waals surface area contributed by atoms with Gasteiger partial charge in [0.2, 0.25) is 0 Å². The van der Waals surface area contributed by atoms with E-state index in [2.05, 4.69) is 4.72 Å². The molecule has 0 aliphatic rings. The molecule has 0 unspecified atom stereocenters. The first-order chi connectivity index (χ1) is 9.19. The topological polar surface area (TPSA) is 83.6 Å². The number of rotatable bonds is 7. The Morgan fingerprint density at radius 2 is 1.70 bits per heavy atom. The maximum Gasteiger partial charge on any atom is 0.279 e. The first-order valence-electron chi connectivity index (χ1n) is 5.88. The summed E-state index contributed by atoms with van der Waals surface area (Å²) in [4.78, 5) is 0.116. The van der Waals surface area contributed by atoms with Gasteiger partial charge in [-0.3, -0.25) is 0 Å². The fraction of sp³-hybridized carbons (Fsp3) is 0.455. The van der Waals surface area contributed by atoms with Gasteiger partial charge in [-0.25, -0.2) is 13.1 Å². The lowest BCUT2D eigenvalue weighted by atomic mass is 10.4. The zero-order valence-corrected chi connectivity index (χ0v) is 13.6. The molecule has 0 saturated carbocycles. The quantitative estimate of drug-likeness (QED) is 0.799. The lowest BCUT2D eigenvalue weighted by Crippen LogP contribution is -2.40. The van der Waals surface area contributed by atoms with Crippen molar-refractivity contribution >= 4 is 31.6 Å². The Morgan fingerprint density at radius 1 is 1.15 bits per heavy atom. The van der Waals surface area contributed by atoms with E-state index in [1.807, 2.05) is 0 Å². The predicted octanol–water partition coefficient (Wildman–Crippen LogP) is 0.900. The normalized spacial score (nSPS) is 12.8. The molecule has 0 saturated heterocycles. The summed E-state index contributed by atoms with van der Waals surface area (Å²) in [5.41, 5.74) is 0. The summed E-state index contributed by atoms with van der Waals surface area (Å²) >= 11 is 5.68. The van der Waals surface area contributed by atoms with E-state index in [-0.39, 0.29) is 17.2 Å². The number of benzene rings is 1. The SMILES string of the molecule is CCN(C)S(=O)(=O)NCCS(=O)(=O)c1ccc(Cl)cc1. The molecule has 0 fully saturated rings. The second-order valence-electron chi connectivity index (χ2n) is 4.09. The molecule has 0 amide bonds. The van der Waals surface area contributed by atoms with Crippen molar-refractivity contribution in [3.05, 3.63) is 29.3 Å². The summed E-state index contributed by atoms with van der Waals surface area (Å²) < 4.78 is 50.6. The van der Waals surface area contributed by atoms with Crippen molar-refractivity contribution in [3.63, 3.8) is 0 Å². The molecule has 1 aromatic rings. The largest absolute Gasteiger partial charge is 0.279 e. The molecule has 1 rings (SSSR count). The molecule has 1 aromatic carbocycles. The number of nitrogens with one attached hydrogen (secondary N) is 1. The van der Waals surface area contributed by atoms with Crippen LogP contribution in [0.3, 0.4) is 0 Å². The minimum Gasteiger partial charge on any atom is -0.224 e. The maximum atomic E-state index is 12.0. The van der Waals surface area contributed by atoms with Crippen molar-refractivity contribution in [3.8, 4) is 0 Å². The number of hydrogen-bond donors (Lipinski definition) is 1. The van der Waals surface area contributed by atoms with Crippen LogP contribution >= 0.6 is 11.6 Å². The molecular weight excluding hydrogens is 324 g/mol. The molecule has 20 heavy (non-hydrogen) atoms. The smallest absolute Gasteiger partial charge is 0.224 e. The molecule has 6 nitrogen and oxygen atoms in total. The van der Waals surface area contributed by atoms with Crippen LogP contribution in [-0.4, -0.2) is 47.0 Å². The highest BCUT2D eigenvalue weighted by molar-refractivity contribution is 7.91. The van der Waals surface area contributed by atoms with E-state index in [9.17, 15) is 16.8 Å². The molecule has 0 radical (unpaired) electrons. The van der Waals surface area contributed by atoms with Crippen LogP contribution in [-0.2, 0) is 20.0 Å². The van der Waals surface area contributed by atoms with Crippen molar-refractivity contribution in [2.45, 2.75) is 11.8 Å². The Balaban J connectivity index is 2.68. The van der Waals surface area contributed by atoms with E-state index in [0.717, 1.165) is 4.31 Å². The molecule has 0 aliphatic carbocycles. The molecular formula is C11H17ClN2O4S2. The van der Waals surface area contributed by atoms with Crippen LogP contribution in [0.5, 0.6) is 0 Å². The van der Waals surface area contributed by atoms with Gasteiger partial charge in [0.15, 0.2) is 9.84 Å². The van der Waals surface area contributed by atoms with Crippen LogP contribution in [0.2, 0.25) is 5.02 Å². The predicted molar refractivity (Wildman–Crippen MR) is 78.7 cm³/mol. The van der Waals surface area contributed by atoms with Gasteiger partial charge in [-0.15, -0.1) is 0 Å². The molecule has 0 aromatic heterocycles. The van der Waals surface area contributed by atoms with E-state index in [1.54, 1.807) is 6.92 Å². The Morgan fingerprint density at radius 3 is 2.20 bits per heavy atom. The summed E-state index contributed by atoms with van der Waals surface area (Å²) in [5, 5.41) is 0.439. The summed E-state index contributed by atoms with van der Waals surface area (Å²) in [6.07, 6.45) is 0. The van der Waals surface area contributed by atoms with Crippen molar-refractivity contribution in [2.24, 2.45) is 0 Å². The van der Waals surface area contributed by atoms with E-state index >= 15 is 0 Å².